The van der Waals surface area contributed by atoms with Gasteiger partial charge in [0.15, 0.2) is 0 Å². The molecule has 0 unspecified atom stereocenters. The fourth-order valence-corrected chi connectivity index (χ4v) is 1.68. The summed E-state index contributed by atoms with van der Waals surface area (Å²) in [6.07, 6.45) is 1.24. The average molecular weight is 286 g/mol. The van der Waals surface area contributed by atoms with Crippen LogP contribution in [0.15, 0.2) is 36.7 Å². The summed E-state index contributed by atoms with van der Waals surface area (Å²) in [5.74, 6) is -0.795. The van der Waals surface area contributed by atoms with Crippen molar-refractivity contribution in [3.63, 3.8) is 0 Å². The molecule has 0 spiro atoms. The van der Waals surface area contributed by atoms with Crippen molar-refractivity contribution < 1.29 is 14.3 Å². The summed E-state index contributed by atoms with van der Waals surface area (Å²) in [6.45, 7) is 2.24. The Balaban J connectivity index is 2.22. The minimum atomic E-state index is -0.622. The van der Waals surface area contributed by atoms with E-state index in [1.165, 1.54) is 18.5 Å². The molecule has 0 saturated heterocycles. The van der Waals surface area contributed by atoms with Crippen LogP contribution in [-0.2, 0) is 0 Å². The number of rotatable bonds is 5. The summed E-state index contributed by atoms with van der Waals surface area (Å²) in [5.41, 5.74) is 5.94. The lowest BCUT2D eigenvalue weighted by Gasteiger charge is -2.08. The lowest BCUT2D eigenvalue weighted by molar-refractivity contribution is 0.100. The fourth-order valence-electron chi connectivity index (χ4n) is 1.68. The molecule has 0 aliphatic heterocycles. The number of nitrogens with zero attached hydrogens (tertiary/aromatic N) is 2. The zero-order chi connectivity index (χ0) is 15.2. The number of ether oxygens (including phenoxy) is 1. The molecule has 0 fully saturated rings. The second kappa shape index (κ2) is 6.47. The van der Waals surface area contributed by atoms with Crippen LogP contribution in [0.2, 0.25) is 0 Å². The van der Waals surface area contributed by atoms with Gasteiger partial charge in [-0.25, -0.2) is 9.97 Å². The van der Waals surface area contributed by atoms with E-state index in [-0.39, 0.29) is 11.3 Å². The van der Waals surface area contributed by atoms with Crippen LogP contribution in [0.4, 0.5) is 5.69 Å². The Bertz CT molecular complexity index is 673. The van der Waals surface area contributed by atoms with Gasteiger partial charge >= 0.3 is 0 Å². The molecule has 2 amide bonds. The van der Waals surface area contributed by atoms with Gasteiger partial charge in [-0.2, -0.15) is 0 Å². The van der Waals surface area contributed by atoms with Gasteiger partial charge in [-0.1, -0.05) is 12.1 Å². The third-order valence-corrected chi connectivity index (χ3v) is 2.61. The van der Waals surface area contributed by atoms with Crippen LogP contribution in [0.1, 0.15) is 27.8 Å². The van der Waals surface area contributed by atoms with E-state index in [0.717, 1.165) is 0 Å². The summed E-state index contributed by atoms with van der Waals surface area (Å²) in [5, 5.41) is 2.59. The SMILES string of the molecule is CCOc1cc(C(=O)Nc2ccccc2C(N)=O)ncn1. The summed E-state index contributed by atoms with van der Waals surface area (Å²) in [7, 11) is 0. The largest absolute Gasteiger partial charge is 0.478 e. The molecule has 0 aliphatic carbocycles. The van der Waals surface area contributed by atoms with Crippen LogP contribution in [-0.4, -0.2) is 28.4 Å². The summed E-state index contributed by atoms with van der Waals surface area (Å²) >= 11 is 0. The number of benzene rings is 1. The molecule has 1 aromatic carbocycles. The minimum absolute atomic E-state index is 0.132. The Hall–Kier alpha value is -2.96. The molecule has 2 aromatic rings. The number of hydrogen-bond acceptors (Lipinski definition) is 5. The highest BCUT2D eigenvalue weighted by molar-refractivity contribution is 6.07. The summed E-state index contributed by atoms with van der Waals surface area (Å²) in [6, 6.07) is 7.89. The lowest BCUT2D eigenvalue weighted by Crippen LogP contribution is -2.19. The van der Waals surface area contributed by atoms with E-state index in [1.807, 2.05) is 6.92 Å². The highest BCUT2D eigenvalue weighted by Crippen LogP contribution is 2.16. The van der Waals surface area contributed by atoms with E-state index in [0.29, 0.717) is 18.2 Å². The molecule has 7 nitrogen and oxygen atoms in total. The predicted octanol–water partition coefficient (Wildman–Crippen LogP) is 1.23. The summed E-state index contributed by atoms with van der Waals surface area (Å²) < 4.78 is 5.20. The maximum absolute atomic E-state index is 12.1. The molecular weight excluding hydrogens is 272 g/mol. The van der Waals surface area contributed by atoms with Gasteiger partial charge in [0.2, 0.25) is 5.88 Å². The first kappa shape index (κ1) is 14.4. The van der Waals surface area contributed by atoms with Crippen LogP contribution < -0.4 is 15.8 Å². The molecule has 0 radical (unpaired) electrons. The van der Waals surface area contributed by atoms with E-state index in [4.69, 9.17) is 10.5 Å². The molecule has 0 atom stereocenters. The topological polar surface area (TPSA) is 107 Å². The number of primary amides is 1. The molecule has 21 heavy (non-hydrogen) atoms. The van der Waals surface area contributed by atoms with Gasteiger partial charge in [0.25, 0.3) is 11.8 Å². The second-order valence-corrected chi connectivity index (χ2v) is 4.04. The second-order valence-electron chi connectivity index (χ2n) is 4.04. The molecule has 0 bridgehead atoms. The van der Waals surface area contributed by atoms with E-state index in [1.54, 1.807) is 18.2 Å². The van der Waals surface area contributed by atoms with Gasteiger partial charge in [-0.05, 0) is 19.1 Å². The van der Waals surface area contributed by atoms with Gasteiger partial charge in [-0.3, -0.25) is 9.59 Å². The number of amides is 2. The van der Waals surface area contributed by atoms with Crippen LogP contribution in [0.5, 0.6) is 5.88 Å². The number of nitrogens with two attached hydrogens (primary N) is 1. The van der Waals surface area contributed by atoms with Crippen molar-refractivity contribution in [2.75, 3.05) is 11.9 Å². The average Bonchev–Trinajstić information content (AvgIpc) is 2.48. The van der Waals surface area contributed by atoms with E-state index in [2.05, 4.69) is 15.3 Å². The number of para-hydroxylation sites is 1. The quantitative estimate of drug-likeness (QED) is 0.859. The Morgan fingerprint density at radius 2 is 2.05 bits per heavy atom. The monoisotopic (exact) mass is 286 g/mol. The molecule has 2 rings (SSSR count). The van der Waals surface area contributed by atoms with Gasteiger partial charge in [-0.15, -0.1) is 0 Å². The highest BCUT2D eigenvalue weighted by atomic mass is 16.5. The molecule has 7 heteroatoms. The normalized spacial score (nSPS) is 9.95. The van der Waals surface area contributed by atoms with Gasteiger partial charge < -0.3 is 15.8 Å². The van der Waals surface area contributed by atoms with E-state index >= 15 is 0 Å². The molecule has 1 heterocycles. The van der Waals surface area contributed by atoms with Crippen molar-refractivity contribution >= 4 is 17.5 Å². The fraction of sp³-hybridized carbons (Fsp3) is 0.143. The number of anilines is 1. The van der Waals surface area contributed by atoms with E-state index < -0.39 is 11.8 Å². The van der Waals surface area contributed by atoms with Crippen molar-refractivity contribution in [2.45, 2.75) is 6.92 Å². The molecule has 1 aromatic heterocycles. The van der Waals surface area contributed by atoms with Crippen molar-refractivity contribution in [1.29, 1.82) is 0 Å². The Morgan fingerprint density at radius 1 is 1.29 bits per heavy atom. The molecule has 108 valence electrons. The maximum atomic E-state index is 12.1. The first-order valence-electron chi connectivity index (χ1n) is 6.27. The van der Waals surface area contributed by atoms with Crippen LogP contribution in [0.3, 0.4) is 0 Å². The van der Waals surface area contributed by atoms with Crippen molar-refractivity contribution in [3.8, 4) is 5.88 Å². The Morgan fingerprint density at radius 3 is 2.76 bits per heavy atom. The molecule has 0 aliphatic rings. The smallest absolute Gasteiger partial charge is 0.274 e. The zero-order valence-electron chi connectivity index (χ0n) is 11.4. The van der Waals surface area contributed by atoms with Crippen molar-refractivity contribution in [2.24, 2.45) is 5.73 Å². The molecule has 0 saturated carbocycles. The van der Waals surface area contributed by atoms with Gasteiger partial charge in [0.1, 0.15) is 12.0 Å². The number of carbonyl (C=O) groups excluding carboxylic acids is 2. The highest BCUT2D eigenvalue weighted by Gasteiger charge is 2.13. The Kier molecular flexibility index (Phi) is 4.45. The summed E-state index contributed by atoms with van der Waals surface area (Å²) in [4.78, 5) is 31.2. The molecule has 3 N–H and O–H groups in total. The number of aromatic nitrogens is 2. The van der Waals surface area contributed by atoms with Crippen LogP contribution in [0, 0.1) is 0 Å². The Labute approximate surface area is 121 Å². The van der Waals surface area contributed by atoms with Crippen LogP contribution >= 0.6 is 0 Å². The number of nitrogens with one attached hydrogen (secondary N) is 1. The zero-order valence-corrected chi connectivity index (χ0v) is 11.4. The van der Waals surface area contributed by atoms with E-state index in [9.17, 15) is 9.59 Å². The maximum Gasteiger partial charge on any atom is 0.274 e. The predicted molar refractivity (Wildman–Crippen MR) is 76.1 cm³/mol. The minimum Gasteiger partial charge on any atom is -0.478 e. The molecular formula is C14H14N4O3. The number of carbonyl (C=O) groups is 2. The van der Waals surface area contributed by atoms with Gasteiger partial charge in [0.05, 0.1) is 17.9 Å². The third-order valence-electron chi connectivity index (χ3n) is 2.61. The van der Waals surface area contributed by atoms with Crippen molar-refractivity contribution in [3.05, 3.63) is 47.9 Å². The standard InChI is InChI=1S/C14H14N4O3/c1-2-21-12-7-11(16-8-17-12)14(20)18-10-6-4-3-5-9(10)13(15)19/h3-8H,2H2,1H3,(H2,15,19)(H,18,20). The van der Waals surface area contributed by atoms with Gasteiger partial charge in [0, 0.05) is 6.07 Å². The van der Waals surface area contributed by atoms with Crippen molar-refractivity contribution in [1.82, 2.24) is 9.97 Å². The first-order valence-corrected chi connectivity index (χ1v) is 6.27. The van der Waals surface area contributed by atoms with Crippen LogP contribution in [0.25, 0.3) is 0 Å². The first-order chi connectivity index (χ1) is 10.1. The number of hydrogen-bond donors (Lipinski definition) is 2. The lowest BCUT2D eigenvalue weighted by atomic mass is 10.1. The third kappa shape index (κ3) is 3.53.